The van der Waals surface area contributed by atoms with Crippen molar-refractivity contribution in [2.75, 3.05) is 34.3 Å². The zero-order valence-electron chi connectivity index (χ0n) is 14.2. The van der Waals surface area contributed by atoms with E-state index in [0.29, 0.717) is 12.0 Å². The number of hydrogen-bond acceptors (Lipinski definition) is 3. The van der Waals surface area contributed by atoms with Crippen LogP contribution in [0, 0.1) is 5.41 Å². The molecule has 0 bridgehead atoms. The molecule has 0 aliphatic carbocycles. The fraction of sp³-hybridized carbons (Fsp3) is 0.867. The van der Waals surface area contributed by atoms with Gasteiger partial charge in [-0.05, 0) is 18.3 Å². The Morgan fingerprint density at radius 1 is 1.38 bits per heavy atom. The number of ether oxygens (including phenoxy) is 1. The molecule has 1 aliphatic rings. The van der Waals surface area contributed by atoms with Gasteiger partial charge in [0, 0.05) is 33.8 Å². The molecule has 1 fully saturated rings. The van der Waals surface area contributed by atoms with Crippen molar-refractivity contribution in [2.45, 2.75) is 45.8 Å². The second-order valence-electron chi connectivity index (χ2n) is 6.81. The molecule has 21 heavy (non-hydrogen) atoms. The summed E-state index contributed by atoms with van der Waals surface area (Å²) in [6.07, 6.45) is 2.14. The van der Waals surface area contributed by atoms with E-state index in [1.807, 2.05) is 0 Å². The first-order chi connectivity index (χ1) is 9.74. The molecule has 1 amide bonds. The smallest absolute Gasteiger partial charge is 0.241 e. The van der Waals surface area contributed by atoms with Gasteiger partial charge in [-0.1, -0.05) is 20.8 Å². The van der Waals surface area contributed by atoms with Crippen molar-refractivity contribution in [3.05, 3.63) is 0 Å². The number of likely N-dealkylation sites (N-methyl/N-ethyl adjacent to an activating group) is 1. The Bertz CT molecular complexity index is 374. The molecule has 1 heterocycles. The Morgan fingerprint density at radius 2 is 2.05 bits per heavy atom. The number of rotatable bonds is 3. The van der Waals surface area contributed by atoms with Crippen LogP contribution in [0.5, 0.6) is 0 Å². The van der Waals surface area contributed by atoms with E-state index in [4.69, 9.17) is 4.74 Å². The molecule has 6 heteroatoms. The van der Waals surface area contributed by atoms with Gasteiger partial charge < -0.3 is 20.3 Å². The van der Waals surface area contributed by atoms with Crippen LogP contribution >= 0.6 is 0 Å². The highest BCUT2D eigenvalue weighted by Crippen LogP contribution is 2.29. The van der Waals surface area contributed by atoms with E-state index in [9.17, 15) is 4.79 Å². The molecule has 0 aromatic carbocycles. The van der Waals surface area contributed by atoms with E-state index in [2.05, 4.69) is 36.4 Å². The van der Waals surface area contributed by atoms with Crippen LogP contribution in [0.15, 0.2) is 4.99 Å². The molecule has 0 saturated carbocycles. The third-order valence-corrected chi connectivity index (χ3v) is 3.72. The number of carbonyl (C=O) groups excluding carboxylic acids is 1. The lowest BCUT2D eigenvalue weighted by molar-refractivity contribution is -0.127. The Kier molecular flexibility index (Phi) is 6.45. The first kappa shape index (κ1) is 17.8. The van der Waals surface area contributed by atoms with Gasteiger partial charge in [0.15, 0.2) is 5.96 Å². The zero-order valence-corrected chi connectivity index (χ0v) is 14.2. The van der Waals surface area contributed by atoms with Crippen LogP contribution in [-0.4, -0.2) is 63.2 Å². The normalized spacial score (nSPS) is 23.6. The molecule has 0 radical (unpaired) electrons. The molecule has 0 aromatic heterocycles. The second kappa shape index (κ2) is 7.64. The lowest BCUT2D eigenvalue weighted by Gasteiger charge is -2.38. The van der Waals surface area contributed by atoms with Gasteiger partial charge in [-0.25, -0.2) is 0 Å². The van der Waals surface area contributed by atoms with Gasteiger partial charge >= 0.3 is 0 Å². The number of carbonyl (C=O) groups is 1. The second-order valence-corrected chi connectivity index (χ2v) is 6.81. The number of amides is 1. The number of hydrogen-bond donors (Lipinski definition) is 2. The summed E-state index contributed by atoms with van der Waals surface area (Å²) in [4.78, 5) is 17.3. The summed E-state index contributed by atoms with van der Waals surface area (Å²) >= 11 is 0. The number of nitrogens with one attached hydrogen (secondary N) is 2. The number of guanidine groups is 1. The van der Waals surface area contributed by atoms with E-state index in [-0.39, 0.29) is 24.0 Å². The standard InChI is InChI=1S/C15H30N4O2/c1-15(2,3)12-9-11(7-8-21-12)18-14(16-4)17-10-13(20)19(5)6/h11-12H,7-10H2,1-6H3,(H2,16,17,18). The van der Waals surface area contributed by atoms with Gasteiger partial charge in [-0.3, -0.25) is 9.79 Å². The lowest BCUT2D eigenvalue weighted by atomic mass is 9.83. The van der Waals surface area contributed by atoms with Crippen molar-refractivity contribution in [1.82, 2.24) is 15.5 Å². The summed E-state index contributed by atoms with van der Waals surface area (Å²) in [5, 5.41) is 6.45. The topological polar surface area (TPSA) is 66.0 Å². The Balaban J connectivity index is 2.48. The Labute approximate surface area is 128 Å². The third kappa shape index (κ3) is 5.91. The van der Waals surface area contributed by atoms with Crippen molar-refractivity contribution in [1.29, 1.82) is 0 Å². The maximum atomic E-state index is 11.6. The van der Waals surface area contributed by atoms with Gasteiger partial charge in [0.2, 0.25) is 5.91 Å². The van der Waals surface area contributed by atoms with Gasteiger partial charge in [-0.2, -0.15) is 0 Å². The van der Waals surface area contributed by atoms with Crippen molar-refractivity contribution in [2.24, 2.45) is 10.4 Å². The van der Waals surface area contributed by atoms with Crippen LogP contribution in [0.3, 0.4) is 0 Å². The fourth-order valence-corrected chi connectivity index (χ4v) is 2.24. The monoisotopic (exact) mass is 298 g/mol. The molecule has 1 saturated heterocycles. The average molecular weight is 298 g/mol. The predicted octanol–water partition coefficient (Wildman–Crippen LogP) is 0.833. The molecular formula is C15H30N4O2. The summed E-state index contributed by atoms with van der Waals surface area (Å²) in [5.41, 5.74) is 0.137. The van der Waals surface area contributed by atoms with E-state index in [1.165, 1.54) is 0 Å². The SMILES string of the molecule is CN=C(NCC(=O)N(C)C)NC1CCOC(C(C)(C)C)C1. The molecule has 6 nitrogen and oxygen atoms in total. The summed E-state index contributed by atoms with van der Waals surface area (Å²) in [5.74, 6) is 0.697. The Morgan fingerprint density at radius 3 is 2.57 bits per heavy atom. The fourth-order valence-electron chi connectivity index (χ4n) is 2.24. The van der Waals surface area contributed by atoms with Crippen molar-refractivity contribution in [3.63, 3.8) is 0 Å². The van der Waals surface area contributed by atoms with Crippen molar-refractivity contribution in [3.8, 4) is 0 Å². The quantitative estimate of drug-likeness (QED) is 0.598. The van der Waals surface area contributed by atoms with E-state index < -0.39 is 0 Å². The summed E-state index contributed by atoms with van der Waals surface area (Å²) in [6.45, 7) is 7.60. The minimum absolute atomic E-state index is 0.0255. The largest absolute Gasteiger partial charge is 0.378 e. The van der Waals surface area contributed by atoms with Gasteiger partial charge in [0.25, 0.3) is 0 Å². The molecule has 2 unspecified atom stereocenters. The molecule has 1 aliphatic heterocycles. The summed E-state index contributed by atoms with van der Waals surface area (Å²) in [7, 11) is 5.20. The minimum atomic E-state index is 0.0255. The Hall–Kier alpha value is -1.30. The molecule has 122 valence electrons. The summed E-state index contributed by atoms with van der Waals surface area (Å²) < 4.78 is 5.86. The maximum Gasteiger partial charge on any atom is 0.241 e. The first-order valence-electron chi connectivity index (χ1n) is 7.53. The van der Waals surface area contributed by atoms with E-state index in [1.54, 1.807) is 26.0 Å². The highest BCUT2D eigenvalue weighted by atomic mass is 16.5. The first-order valence-corrected chi connectivity index (χ1v) is 7.53. The lowest BCUT2D eigenvalue weighted by Crippen LogP contribution is -2.50. The van der Waals surface area contributed by atoms with Gasteiger partial charge in [0.05, 0.1) is 12.6 Å². The van der Waals surface area contributed by atoms with Crippen LogP contribution in [0.25, 0.3) is 0 Å². The summed E-state index contributed by atoms with van der Waals surface area (Å²) in [6, 6.07) is 0.323. The van der Waals surface area contributed by atoms with E-state index >= 15 is 0 Å². The predicted molar refractivity (Wildman–Crippen MR) is 85.4 cm³/mol. The molecule has 0 aromatic rings. The van der Waals surface area contributed by atoms with Crippen molar-refractivity contribution >= 4 is 11.9 Å². The highest BCUT2D eigenvalue weighted by molar-refractivity contribution is 5.86. The molecule has 1 rings (SSSR count). The number of nitrogens with zero attached hydrogens (tertiary/aromatic N) is 2. The average Bonchev–Trinajstić information content (AvgIpc) is 2.42. The maximum absolute atomic E-state index is 11.6. The minimum Gasteiger partial charge on any atom is -0.378 e. The van der Waals surface area contributed by atoms with Gasteiger partial charge in [-0.15, -0.1) is 0 Å². The van der Waals surface area contributed by atoms with Crippen LogP contribution < -0.4 is 10.6 Å². The van der Waals surface area contributed by atoms with Crippen LogP contribution in [0.2, 0.25) is 0 Å². The molecule has 2 N–H and O–H groups in total. The highest BCUT2D eigenvalue weighted by Gasteiger charge is 2.31. The van der Waals surface area contributed by atoms with Gasteiger partial charge in [0.1, 0.15) is 0 Å². The van der Waals surface area contributed by atoms with Crippen LogP contribution in [0.1, 0.15) is 33.6 Å². The molecular weight excluding hydrogens is 268 g/mol. The van der Waals surface area contributed by atoms with Crippen LogP contribution in [-0.2, 0) is 9.53 Å². The van der Waals surface area contributed by atoms with Crippen molar-refractivity contribution < 1.29 is 9.53 Å². The molecule has 0 spiro atoms. The van der Waals surface area contributed by atoms with E-state index in [0.717, 1.165) is 19.4 Å². The van der Waals surface area contributed by atoms with Crippen LogP contribution in [0.4, 0.5) is 0 Å². The molecule has 2 atom stereocenters. The third-order valence-electron chi connectivity index (χ3n) is 3.72. The zero-order chi connectivity index (χ0) is 16.0. The number of aliphatic imine (C=N–C) groups is 1.